The van der Waals surface area contributed by atoms with Gasteiger partial charge >= 0.3 is 5.69 Å². The van der Waals surface area contributed by atoms with Gasteiger partial charge in [0.25, 0.3) is 5.56 Å². The minimum Gasteiger partial charge on any atom is -0.387 e. The molecule has 1 aromatic heterocycles. The molecule has 1 fully saturated rings. The summed E-state index contributed by atoms with van der Waals surface area (Å²) in [4.78, 5) is 25.1. The van der Waals surface area contributed by atoms with Gasteiger partial charge in [-0.25, -0.2) is 4.79 Å². The van der Waals surface area contributed by atoms with Gasteiger partial charge in [-0.1, -0.05) is 22.6 Å². The van der Waals surface area contributed by atoms with Crippen molar-refractivity contribution in [2.24, 2.45) is 0 Å². The van der Waals surface area contributed by atoms with Gasteiger partial charge in [-0.15, -0.1) is 0 Å². The number of hydrogen-bond donors (Lipinski definition) is 3. The van der Waals surface area contributed by atoms with Crippen molar-refractivity contribution in [3.05, 3.63) is 32.6 Å². The van der Waals surface area contributed by atoms with E-state index < -0.39 is 35.3 Å². The van der Waals surface area contributed by atoms with Crippen molar-refractivity contribution in [1.29, 1.82) is 0 Å². The molecule has 0 unspecified atom stereocenters. The second-order valence-electron chi connectivity index (χ2n) is 4.59. The molecule has 3 rings (SSSR count). The smallest absolute Gasteiger partial charge is 0.330 e. The summed E-state index contributed by atoms with van der Waals surface area (Å²) in [7, 11) is 0. The maximum absolute atomic E-state index is 11.8. The third-order valence-corrected chi connectivity index (χ3v) is 4.37. The lowest BCUT2D eigenvalue weighted by Crippen LogP contribution is -2.45. The summed E-state index contributed by atoms with van der Waals surface area (Å²) >= 11 is 2.04. The van der Waals surface area contributed by atoms with Gasteiger partial charge in [0.15, 0.2) is 6.23 Å². The summed E-state index contributed by atoms with van der Waals surface area (Å²) in [6.07, 6.45) is -2.50. The Morgan fingerprint density at radius 3 is 3.00 bits per heavy atom. The molecule has 3 heterocycles. The van der Waals surface area contributed by atoms with Crippen molar-refractivity contribution < 1.29 is 14.9 Å². The molecule has 0 bridgehead atoms. The zero-order chi connectivity index (χ0) is 13.1. The Balaban J connectivity index is 2.15. The monoisotopic (exact) mass is 366 g/mol. The first kappa shape index (κ1) is 12.3. The van der Waals surface area contributed by atoms with Gasteiger partial charge in [-0.3, -0.25) is 14.3 Å². The van der Waals surface area contributed by atoms with Gasteiger partial charge in [0.05, 0.1) is 6.10 Å². The van der Waals surface area contributed by atoms with Crippen LogP contribution in [0.1, 0.15) is 11.9 Å². The van der Waals surface area contributed by atoms with E-state index in [0.29, 0.717) is 10.1 Å². The van der Waals surface area contributed by atoms with Crippen molar-refractivity contribution in [1.82, 2.24) is 9.55 Å². The Kier molecular flexibility index (Phi) is 2.66. The predicted molar refractivity (Wildman–Crippen MR) is 68.8 cm³/mol. The van der Waals surface area contributed by atoms with Crippen molar-refractivity contribution in [3.63, 3.8) is 0 Å². The number of nitrogens with one attached hydrogen (secondary N) is 1. The third kappa shape index (κ3) is 1.46. The molecule has 0 saturated carbocycles. The number of aliphatic hydroxyl groups excluding tert-OH is 1. The van der Waals surface area contributed by atoms with Crippen LogP contribution in [0.2, 0.25) is 0 Å². The quantitative estimate of drug-likeness (QED) is 0.415. The highest BCUT2D eigenvalue weighted by Gasteiger charge is 2.60. The molecule has 3 N–H and O–H groups in total. The van der Waals surface area contributed by atoms with Crippen molar-refractivity contribution in [2.45, 2.75) is 30.5 Å². The maximum Gasteiger partial charge on any atom is 0.330 e. The normalized spacial score (nSPS) is 37.6. The van der Waals surface area contributed by atoms with Gasteiger partial charge in [0, 0.05) is 22.6 Å². The van der Waals surface area contributed by atoms with Crippen molar-refractivity contribution in [3.8, 4) is 0 Å². The molecule has 0 aromatic carbocycles. The van der Waals surface area contributed by atoms with Crippen LogP contribution >= 0.6 is 22.6 Å². The highest BCUT2D eigenvalue weighted by molar-refractivity contribution is 14.1. The van der Waals surface area contributed by atoms with Crippen LogP contribution in [0.5, 0.6) is 0 Å². The van der Waals surface area contributed by atoms with Crippen molar-refractivity contribution >= 4 is 22.6 Å². The van der Waals surface area contributed by atoms with E-state index in [1.807, 2.05) is 22.6 Å². The second-order valence-corrected chi connectivity index (χ2v) is 5.47. The number of alkyl halides is 1. The maximum atomic E-state index is 11.8. The number of H-pyrrole nitrogens is 1. The SMILES string of the molecule is O=c1cc2n(c(=O)[nH]1)[C@@H]1O[C@H](CI)[C@@H](O)[C@]1(O)C2. The van der Waals surface area contributed by atoms with Crippen LogP contribution < -0.4 is 11.2 Å². The zero-order valence-electron chi connectivity index (χ0n) is 9.17. The molecule has 0 radical (unpaired) electrons. The number of aliphatic hydroxyl groups is 2. The molecule has 4 atom stereocenters. The lowest BCUT2D eigenvalue weighted by Gasteiger charge is -2.23. The number of aromatic amines is 1. The van der Waals surface area contributed by atoms with E-state index in [9.17, 15) is 19.8 Å². The van der Waals surface area contributed by atoms with Crippen LogP contribution in [0, 0.1) is 0 Å². The van der Waals surface area contributed by atoms with Crippen LogP contribution in [-0.2, 0) is 11.2 Å². The standard InChI is InChI=1S/C10H11IN2O5/c11-3-5-7(15)10(17)2-4-1-6(14)12-9(16)13(4)8(10)18-5/h1,5,7-8,15,17H,2-3H2,(H,12,14,16)/t5-,7-,8-,10-/m1/s1. The minimum absolute atomic E-state index is 0.0329. The van der Waals surface area contributed by atoms with Crippen LogP contribution in [0.3, 0.4) is 0 Å². The summed E-state index contributed by atoms with van der Waals surface area (Å²) in [6.45, 7) is 0. The molecule has 0 amide bonds. The van der Waals surface area contributed by atoms with Crippen molar-refractivity contribution in [2.75, 3.05) is 4.43 Å². The predicted octanol–water partition coefficient (Wildman–Crippen LogP) is -1.48. The number of nitrogens with zero attached hydrogens (tertiary/aromatic N) is 1. The number of ether oxygens (including phenoxy) is 1. The van der Waals surface area contributed by atoms with Crippen LogP contribution in [0.25, 0.3) is 0 Å². The van der Waals surface area contributed by atoms with Gasteiger partial charge in [0.1, 0.15) is 11.7 Å². The Hall–Kier alpha value is -0.710. The highest BCUT2D eigenvalue weighted by atomic mass is 127. The molecule has 18 heavy (non-hydrogen) atoms. The van der Waals surface area contributed by atoms with E-state index in [0.717, 1.165) is 0 Å². The highest BCUT2D eigenvalue weighted by Crippen LogP contribution is 2.44. The molecule has 98 valence electrons. The first-order valence-corrected chi connectivity index (χ1v) is 6.96. The Bertz CT molecular complexity index is 611. The molecular weight excluding hydrogens is 355 g/mol. The van der Waals surface area contributed by atoms with Crippen LogP contribution in [0.15, 0.2) is 15.7 Å². The number of fused-ring (bicyclic) bond motifs is 3. The third-order valence-electron chi connectivity index (χ3n) is 3.50. The molecule has 0 aliphatic carbocycles. The lowest BCUT2D eigenvalue weighted by atomic mass is 9.92. The average Bonchev–Trinajstić information content (AvgIpc) is 2.69. The van der Waals surface area contributed by atoms with E-state index in [4.69, 9.17) is 4.74 Å². The van der Waals surface area contributed by atoms with Gasteiger partial charge in [0.2, 0.25) is 0 Å². The Labute approximate surface area is 115 Å². The lowest BCUT2D eigenvalue weighted by molar-refractivity contribution is -0.0889. The van der Waals surface area contributed by atoms with E-state index in [1.165, 1.54) is 10.6 Å². The zero-order valence-corrected chi connectivity index (χ0v) is 11.3. The fraction of sp³-hybridized carbons (Fsp3) is 0.600. The number of rotatable bonds is 1. The molecule has 8 heteroatoms. The number of hydrogen-bond acceptors (Lipinski definition) is 5. The molecule has 7 nitrogen and oxygen atoms in total. The molecule has 2 aliphatic heterocycles. The Morgan fingerprint density at radius 2 is 2.33 bits per heavy atom. The fourth-order valence-electron chi connectivity index (χ4n) is 2.66. The molecule has 1 aromatic rings. The summed E-state index contributed by atoms with van der Waals surface area (Å²) in [5.74, 6) is 0. The average molecular weight is 366 g/mol. The number of aromatic nitrogens is 2. The molecule has 1 saturated heterocycles. The molecular formula is C10H11IN2O5. The van der Waals surface area contributed by atoms with E-state index in [1.54, 1.807) is 0 Å². The summed E-state index contributed by atoms with van der Waals surface area (Å²) < 4.78 is 7.24. The molecule has 2 aliphatic rings. The first-order valence-electron chi connectivity index (χ1n) is 5.44. The second kappa shape index (κ2) is 3.89. The van der Waals surface area contributed by atoms with E-state index >= 15 is 0 Å². The van der Waals surface area contributed by atoms with E-state index in [2.05, 4.69) is 4.98 Å². The fourth-order valence-corrected chi connectivity index (χ4v) is 3.35. The first-order chi connectivity index (χ1) is 8.47. The van der Waals surface area contributed by atoms with Gasteiger partial charge in [-0.2, -0.15) is 0 Å². The Morgan fingerprint density at radius 1 is 1.61 bits per heavy atom. The van der Waals surface area contributed by atoms with Gasteiger partial charge < -0.3 is 14.9 Å². The minimum atomic E-state index is -1.54. The summed E-state index contributed by atoms with van der Waals surface area (Å²) in [5, 5.41) is 20.6. The topological polar surface area (TPSA) is 105 Å². The van der Waals surface area contributed by atoms with E-state index in [-0.39, 0.29) is 6.42 Å². The van der Waals surface area contributed by atoms with Gasteiger partial charge in [-0.05, 0) is 0 Å². The van der Waals surface area contributed by atoms with Crippen LogP contribution in [0.4, 0.5) is 0 Å². The van der Waals surface area contributed by atoms with Crippen LogP contribution in [-0.4, -0.2) is 42.0 Å². The largest absolute Gasteiger partial charge is 0.387 e. The summed E-state index contributed by atoms with van der Waals surface area (Å²) in [5.41, 5.74) is -2.31. The summed E-state index contributed by atoms with van der Waals surface area (Å²) in [6, 6.07) is 1.24. The number of halogens is 1. The molecule has 0 spiro atoms.